The highest BCUT2D eigenvalue weighted by Crippen LogP contribution is 2.35. The fourth-order valence-electron chi connectivity index (χ4n) is 8.12. The standard InChI is InChI=1S/C52H38N2/c1-35-14-30-51-47(32-35)48-33-36(2)15-31-52(48)53(51)43-28-26-40(27-29-43)39-22-18-37(19-23-39)16-17-38-20-24-41(25-21-38)42-8-7-9-44(34-42)54-49-12-5-3-10-45(49)46-11-4-6-13-50(46)54/h3-34H,1-2H3/b17-16+. The molecule has 2 heteroatoms. The molecule has 0 amide bonds. The van der Waals surface area contributed by atoms with Gasteiger partial charge in [0.05, 0.1) is 22.1 Å². The van der Waals surface area contributed by atoms with Crippen molar-refractivity contribution in [3.8, 4) is 33.6 Å². The quantitative estimate of drug-likeness (QED) is 0.154. The molecule has 256 valence electrons. The van der Waals surface area contributed by atoms with Gasteiger partial charge in [0.25, 0.3) is 0 Å². The maximum atomic E-state index is 2.39. The van der Waals surface area contributed by atoms with Crippen LogP contribution in [0.25, 0.3) is 89.4 Å². The number of hydrogen-bond donors (Lipinski definition) is 0. The topological polar surface area (TPSA) is 9.86 Å². The van der Waals surface area contributed by atoms with Crippen LogP contribution in [0.1, 0.15) is 22.3 Å². The number of benzene rings is 8. The van der Waals surface area contributed by atoms with E-state index in [9.17, 15) is 0 Å². The predicted molar refractivity (Wildman–Crippen MR) is 231 cm³/mol. The molecule has 54 heavy (non-hydrogen) atoms. The lowest BCUT2D eigenvalue weighted by Gasteiger charge is -2.10. The minimum atomic E-state index is 1.17. The van der Waals surface area contributed by atoms with E-state index >= 15 is 0 Å². The van der Waals surface area contributed by atoms with E-state index in [-0.39, 0.29) is 0 Å². The SMILES string of the molecule is Cc1ccc2c(c1)c1cc(C)ccc1n2-c1ccc(-c2ccc(/C=C/c3ccc(-c4cccc(-n5c6ccccc6c6ccccc65)c4)cc3)cc2)cc1. The van der Waals surface area contributed by atoms with Crippen molar-refractivity contribution in [3.05, 3.63) is 204 Å². The molecular formula is C52H38N2. The first-order valence-electron chi connectivity index (χ1n) is 18.7. The Morgan fingerprint density at radius 1 is 0.315 bits per heavy atom. The molecule has 0 unspecified atom stereocenters. The van der Waals surface area contributed by atoms with E-state index in [2.05, 4.69) is 217 Å². The Morgan fingerprint density at radius 3 is 1.30 bits per heavy atom. The molecular weight excluding hydrogens is 653 g/mol. The molecule has 0 aliphatic heterocycles. The van der Waals surface area contributed by atoms with Gasteiger partial charge in [0, 0.05) is 32.9 Å². The molecule has 0 bridgehead atoms. The van der Waals surface area contributed by atoms with Crippen LogP contribution in [0.3, 0.4) is 0 Å². The molecule has 2 nitrogen and oxygen atoms in total. The van der Waals surface area contributed by atoms with Gasteiger partial charge in [0.2, 0.25) is 0 Å². The van der Waals surface area contributed by atoms with Crippen molar-refractivity contribution >= 4 is 55.8 Å². The van der Waals surface area contributed by atoms with Gasteiger partial charge in [-0.25, -0.2) is 0 Å². The van der Waals surface area contributed by atoms with Gasteiger partial charge in [-0.15, -0.1) is 0 Å². The fourth-order valence-corrected chi connectivity index (χ4v) is 8.12. The summed E-state index contributed by atoms with van der Waals surface area (Å²) < 4.78 is 4.76. The summed E-state index contributed by atoms with van der Waals surface area (Å²) in [4.78, 5) is 0. The second kappa shape index (κ2) is 12.9. The van der Waals surface area contributed by atoms with Crippen LogP contribution < -0.4 is 0 Å². The Balaban J connectivity index is 0.868. The van der Waals surface area contributed by atoms with Crippen molar-refractivity contribution in [2.24, 2.45) is 0 Å². The molecule has 2 heterocycles. The molecule has 0 radical (unpaired) electrons. The van der Waals surface area contributed by atoms with Gasteiger partial charge >= 0.3 is 0 Å². The number of aryl methyl sites for hydroxylation is 2. The monoisotopic (exact) mass is 690 g/mol. The van der Waals surface area contributed by atoms with Gasteiger partial charge < -0.3 is 9.13 Å². The predicted octanol–water partition coefficient (Wildman–Crippen LogP) is 14.0. The summed E-state index contributed by atoms with van der Waals surface area (Å²) >= 11 is 0. The lowest BCUT2D eigenvalue weighted by molar-refractivity contribution is 1.18. The number of rotatable bonds is 6. The molecule has 10 aromatic rings. The maximum absolute atomic E-state index is 2.39. The number of fused-ring (bicyclic) bond motifs is 6. The second-order valence-electron chi connectivity index (χ2n) is 14.4. The Bertz CT molecular complexity index is 2910. The van der Waals surface area contributed by atoms with E-state index in [1.807, 2.05) is 0 Å². The summed E-state index contributed by atoms with van der Waals surface area (Å²) in [5.41, 5.74) is 17.0. The summed E-state index contributed by atoms with van der Waals surface area (Å²) in [6, 6.07) is 66.4. The molecule has 0 saturated carbocycles. The third-order valence-corrected chi connectivity index (χ3v) is 10.8. The molecule has 0 aliphatic rings. The highest BCUT2D eigenvalue weighted by Gasteiger charge is 2.14. The normalized spacial score (nSPS) is 11.8. The molecule has 0 fully saturated rings. The lowest BCUT2D eigenvalue weighted by Crippen LogP contribution is -1.94. The third-order valence-electron chi connectivity index (χ3n) is 10.8. The maximum Gasteiger partial charge on any atom is 0.0541 e. The van der Waals surface area contributed by atoms with Crippen LogP contribution in [-0.2, 0) is 0 Å². The summed E-state index contributed by atoms with van der Waals surface area (Å²) in [7, 11) is 0. The van der Waals surface area contributed by atoms with Crippen molar-refractivity contribution < 1.29 is 0 Å². The van der Waals surface area contributed by atoms with Crippen LogP contribution in [0.15, 0.2) is 182 Å². The van der Waals surface area contributed by atoms with Crippen LogP contribution in [0.5, 0.6) is 0 Å². The summed E-state index contributed by atoms with van der Waals surface area (Å²) in [5.74, 6) is 0. The van der Waals surface area contributed by atoms with E-state index in [1.54, 1.807) is 0 Å². The van der Waals surface area contributed by atoms with Crippen molar-refractivity contribution in [2.45, 2.75) is 13.8 Å². The first-order valence-corrected chi connectivity index (χ1v) is 18.7. The molecule has 0 aliphatic carbocycles. The van der Waals surface area contributed by atoms with E-state index in [0.717, 1.165) is 0 Å². The summed E-state index contributed by atoms with van der Waals surface area (Å²) in [6.45, 7) is 4.33. The van der Waals surface area contributed by atoms with E-state index in [4.69, 9.17) is 0 Å². The summed E-state index contributed by atoms with van der Waals surface area (Å²) in [6.07, 6.45) is 4.38. The highest BCUT2D eigenvalue weighted by molar-refractivity contribution is 6.10. The molecule has 2 aromatic heterocycles. The molecule has 0 saturated heterocycles. The zero-order valence-corrected chi connectivity index (χ0v) is 30.4. The van der Waals surface area contributed by atoms with E-state index in [0.29, 0.717) is 0 Å². The van der Waals surface area contributed by atoms with Gasteiger partial charge in [-0.2, -0.15) is 0 Å². The molecule has 10 rings (SSSR count). The van der Waals surface area contributed by atoms with Gasteiger partial charge in [-0.3, -0.25) is 0 Å². The lowest BCUT2D eigenvalue weighted by atomic mass is 10.0. The highest BCUT2D eigenvalue weighted by atomic mass is 15.0. The van der Waals surface area contributed by atoms with Crippen LogP contribution in [0, 0.1) is 13.8 Å². The van der Waals surface area contributed by atoms with Crippen LogP contribution in [0.2, 0.25) is 0 Å². The largest absolute Gasteiger partial charge is 0.309 e. The minimum Gasteiger partial charge on any atom is -0.309 e. The average Bonchev–Trinajstić information content (AvgIpc) is 3.73. The average molecular weight is 691 g/mol. The van der Waals surface area contributed by atoms with Crippen LogP contribution >= 0.6 is 0 Å². The fraction of sp³-hybridized carbons (Fsp3) is 0.0385. The Morgan fingerprint density at radius 2 is 0.759 bits per heavy atom. The van der Waals surface area contributed by atoms with Crippen molar-refractivity contribution in [1.29, 1.82) is 0 Å². The zero-order chi connectivity index (χ0) is 36.2. The third kappa shape index (κ3) is 5.52. The first-order chi connectivity index (χ1) is 26.6. The number of nitrogens with zero attached hydrogens (tertiary/aromatic N) is 2. The van der Waals surface area contributed by atoms with Crippen molar-refractivity contribution in [1.82, 2.24) is 9.13 Å². The Hall–Kier alpha value is -6.90. The molecule has 8 aromatic carbocycles. The minimum absolute atomic E-state index is 1.17. The van der Waals surface area contributed by atoms with Gasteiger partial charge in [-0.05, 0) is 108 Å². The zero-order valence-electron chi connectivity index (χ0n) is 30.4. The molecule has 0 atom stereocenters. The number of para-hydroxylation sites is 2. The van der Waals surface area contributed by atoms with E-state index in [1.165, 1.54) is 99.5 Å². The molecule has 0 spiro atoms. The van der Waals surface area contributed by atoms with Gasteiger partial charge in [0.15, 0.2) is 0 Å². The van der Waals surface area contributed by atoms with Crippen LogP contribution in [0.4, 0.5) is 0 Å². The van der Waals surface area contributed by atoms with Crippen molar-refractivity contribution in [2.75, 3.05) is 0 Å². The second-order valence-corrected chi connectivity index (χ2v) is 14.4. The van der Waals surface area contributed by atoms with Gasteiger partial charge in [0.1, 0.15) is 0 Å². The van der Waals surface area contributed by atoms with Gasteiger partial charge in [-0.1, -0.05) is 145 Å². The number of hydrogen-bond acceptors (Lipinski definition) is 0. The molecule has 0 N–H and O–H groups in total. The Labute approximate surface area is 315 Å². The first kappa shape index (κ1) is 31.8. The van der Waals surface area contributed by atoms with Crippen LogP contribution in [-0.4, -0.2) is 9.13 Å². The van der Waals surface area contributed by atoms with Crippen molar-refractivity contribution in [3.63, 3.8) is 0 Å². The van der Waals surface area contributed by atoms with E-state index < -0.39 is 0 Å². The summed E-state index contributed by atoms with van der Waals surface area (Å²) in [5, 5.41) is 5.16. The Kier molecular flexibility index (Phi) is 7.63. The number of aromatic nitrogens is 2. The smallest absolute Gasteiger partial charge is 0.0541 e.